The van der Waals surface area contributed by atoms with Crippen LogP contribution in [0.5, 0.6) is 0 Å². The summed E-state index contributed by atoms with van der Waals surface area (Å²) in [6.45, 7) is 0.715. The molecule has 1 aromatic heterocycles. The largest absolute Gasteiger partial charge is 0.391 e. The molecule has 25 heavy (non-hydrogen) atoms. The Balaban J connectivity index is 1.46. The monoisotopic (exact) mass is 337 g/mol. The van der Waals surface area contributed by atoms with Crippen molar-refractivity contribution in [3.63, 3.8) is 0 Å². The third kappa shape index (κ3) is 3.24. The van der Waals surface area contributed by atoms with Crippen LogP contribution >= 0.6 is 0 Å². The molecule has 1 amide bonds. The zero-order chi connectivity index (χ0) is 17.2. The minimum Gasteiger partial charge on any atom is -0.391 e. The number of aromatic nitrogens is 1. The average Bonchev–Trinajstić information content (AvgIpc) is 3.08. The molecule has 0 unspecified atom stereocenters. The highest BCUT2D eigenvalue weighted by atomic mass is 16.3. The van der Waals surface area contributed by atoms with E-state index in [1.807, 2.05) is 35.2 Å². The van der Waals surface area contributed by atoms with Gasteiger partial charge in [0.25, 0.3) is 5.91 Å². The van der Waals surface area contributed by atoms with Crippen molar-refractivity contribution in [3.05, 3.63) is 53.7 Å². The molecule has 1 aliphatic carbocycles. The van der Waals surface area contributed by atoms with E-state index >= 15 is 0 Å². The van der Waals surface area contributed by atoms with Crippen LogP contribution in [0, 0.1) is 0 Å². The molecule has 4 rings (SSSR count). The normalized spacial score (nSPS) is 22.5. The number of aliphatic hydroxyl groups excluding tert-OH is 1. The zero-order valence-electron chi connectivity index (χ0n) is 14.2. The van der Waals surface area contributed by atoms with Crippen molar-refractivity contribution in [2.45, 2.75) is 44.2 Å². The molecule has 0 bridgehead atoms. The van der Waals surface area contributed by atoms with Crippen molar-refractivity contribution < 1.29 is 9.90 Å². The molecule has 2 aromatic rings. The van der Waals surface area contributed by atoms with Crippen LogP contribution in [0.25, 0.3) is 0 Å². The van der Waals surface area contributed by atoms with Crippen molar-refractivity contribution in [1.82, 2.24) is 4.98 Å². The van der Waals surface area contributed by atoms with Gasteiger partial charge in [-0.15, -0.1) is 0 Å². The van der Waals surface area contributed by atoms with Gasteiger partial charge in [-0.05, 0) is 43.0 Å². The third-order valence-electron chi connectivity index (χ3n) is 5.21. The predicted molar refractivity (Wildman–Crippen MR) is 97.9 cm³/mol. The summed E-state index contributed by atoms with van der Waals surface area (Å²) in [6.07, 6.45) is 6.20. The average molecular weight is 337 g/mol. The quantitative estimate of drug-likeness (QED) is 0.904. The second-order valence-corrected chi connectivity index (χ2v) is 6.87. The van der Waals surface area contributed by atoms with Crippen molar-refractivity contribution >= 4 is 17.4 Å². The van der Waals surface area contributed by atoms with Gasteiger partial charge in [-0.1, -0.05) is 31.0 Å². The molecule has 1 saturated carbocycles. The van der Waals surface area contributed by atoms with Crippen LogP contribution in [0.1, 0.15) is 41.6 Å². The molecule has 2 atom stereocenters. The van der Waals surface area contributed by atoms with Crippen molar-refractivity contribution in [2.24, 2.45) is 0 Å². The number of carbonyl (C=O) groups excluding carboxylic acids is 1. The maximum absolute atomic E-state index is 12.8. The van der Waals surface area contributed by atoms with Gasteiger partial charge >= 0.3 is 0 Å². The summed E-state index contributed by atoms with van der Waals surface area (Å²) >= 11 is 0. The van der Waals surface area contributed by atoms with E-state index in [-0.39, 0.29) is 18.1 Å². The number of benzene rings is 1. The third-order valence-corrected chi connectivity index (χ3v) is 5.21. The number of hydrogen-bond donors (Lipinski definition) is 2. The van der Waals surface area contributed by atoms with Crippen LogP contribution in [0.2, 0.25) is 0 Å². The zero-order valence-corrected chi connectivity index (χ0v) is 14.2. The fourth-order valence-electron chi connectivity index (χ4n) is 3.78. The van der Waals surface area contributed by atoms with Gasteiger partial charge in [0.1, 0.15) is 5.82 Å². The van der Waals surface area contributed by atoms with Gasteiger partial charge in [-0.2, -0.15) is 0 Å². The summed E-state index contributed by atoms with van der Waals surface area (Å²) in [5.74, 6) is 0.700. The van der Waals surface area contributed by atoms with Gasteiger partial charge in [0.15, 0.2) is 0 Å². The molecular weight excluding hydrogens is 314 g/mol. The highest BCUT2D eigenvalue weighted by Crippen LogP contribution is 2.29. The minimum absolute atomic E-state index is 0.0123. The Morgan fingerprint density at radius 3 is 2.80 bits per heavy atom. The molecular formula is C20H23N3O2. The van der Waals surface area contributed by atoms with E-state index in [0.29, 0.717) is 17.9 Å². The van der Waals surface area contributed by atoms with Crippen LogP contribution in [-0.2, 0) is 6.42 Å². The maximum Gasteiger partial charge on any atom is 0.259 e. The highest BCUT2D eigenvalue weighted by Gasteiger charge is 2.26. The van der Waals surface area contributed by atoms with E-state index in [0.717, 1.165) is 37.8 Å². The number of carbonyl (C=O) groups is 1. The van der Waals surface area contributed by atoms with Gasteiger partial charge in [-0.25, -0.2) is 4.98 Å². The number of hydrogen-bond acceptors (Lipinski definition) is 4. The Morgan fingerprint density at radius 2 is 2.00 bits per heavy atom. The van der Waals surface area contributed by atoms with Crippen LogP contribution in [0.4, 0.5) is 11.5 Å². The lowest BCUT2D eigenvalue weighted by molar-refractivity contribution is 0.0989. The number of nitrogens with one attached hydrogen (secondary N) is 1. The first-order valence-corrected chi connectivity index (χ1v) is 9.03. The van der Waals surface area contributed by atoms with E-state index in [9.17, 15) is 9.90 Å². The second-order valence-electron chi connectivity index (χ2n) is 6.87. The number of rotatable bonds is 3. The first-order valence-electron chi connectivity index (χ1n) is 9.03. The van der Waals surface area contributed by atoms with E-state index in [1.165, 1.54) is 5.56 Å². The molecule has 0 spiro atoms. The first-order chi connectivity index (χ1) is 12.2. The number of nitrogens with zero attached hydrogens (tertiary/aromatic N) is 2. The first kappa shape index (κ1) is 16.1. The topological polar surface area (TPSA) is 65.5 Å². The van der Waals surface area contributed by atoms with Gasteiger partial charge in [0.2, 0.25) is 0 Å². The molecule has 2 aliphatic rings. The Labute approximate surface area is 147 Å². The lowest BCUT2D eigenvalue weighted by atomic mass is 9.92. The van der Waals surface area contributed by atoms with Gasteiger partial charge in [-0.3, -0.25) is 4.79 Å². The minimum atomic E-state index is -0.321. The number of pyridine rings is 1. The van der Waals surface area contributed by atoms with Crippen LogP contribution in [0.3, 0.4) is 0 Å². The number of para-hydroxylation sites is 1. The van der Waals surface area contributed by atoms with E-state index in [4.69, 9.17) is 0 Å². The molecule has 5 nitrogen and oxygen atoms in total. The highest BCUT2D eigenvalue weighted by molar-refractivity contribution is 6.07. The predicted octanol–water partition coefficient (Wildman–Crippen LogP) is 3.00. The summed E-state index contributed by atoms with van der Waals surface area (Å²) in [4.78, 5) is 19.0. The van der Waals surface area contributed by atoms with Gasteiger partial charge in [0, 0.05) is 18.4 Å². The van der Waals surface area contributed by atoms with Crippen LogP contribution < -0.4 is 10.2 Å². The SMILES string of the molecule is O=C(c1ccc(N[C@@H]2CCCC[C@@H]2O)nc1)N1CCc2ccccc21. The second kappa shape index (κ2) is 6.84. The summed E-state index contributed by atoms with van der Waals surface area (Å²) in [5.41, 5.74) is 2.81. The molecule has 1 aliphatic heterocycles. The summed E-state index contributed by atoms with van der Waals surface area (Å²) in [6, 6.07) is 11.7. The molecule has 0 radical (unpaired) electrons. The Kier molecular flexibility index (Phi) is 4.40. The lowest BCUT2D eigenvalue weighted by Crippen LogP contribution is -2.36. The Hall–Kier alpha value is -2.40. The summed E-state index contributed by atoms with van der Waals surface area (Å²) in [7, 11) is 0. The Morgan fingerprint density at radius 1 is 1.16 bits per heavy atom. The summed E-state index contributed by atoms with van der Waals surface area (Å²) in [5, 5.41) is 13.4. The summed E-state index contributed by atoms with van der Waals surface area (Å²) < 4.78 is 0. The molecule has 0 saturated heterocycles. The molecule has 130 valence electrons. The fraction of sp³-hybridized carbons (Fsp3) is 0.400. The van der Waals surface area contributed by atoms with E-state index in [1.54, 1.807) is 6.20 Å². The van der Waals surface area contributed by atoms with Gasteiger partial charge < -0.3 is 15.3 Å². The number of anilines is 2. The van der Waals surface area contributed by atoms with Crippen molar-refractivity contribution in [2.75, 3.05) is 16.8 Å². The molecule has 1 fully saturated rings. The molecule has 2 heterocycles. The Bertz CT molecular complexity index is 760. The van der Waals surface area contributed by atoms with Crippen molar-refractivity contribution in [1.29, 1.82) is 0 Å². The standard InChI is InChI=1S/C20H23N3O2/c24-18-8-4-2-6-16(18)22-19-10-9-15(13-21-19)20(25)23-12-11-14-5-1-3-7-17(14)23/h1,3,5,7,9-10,13,16,18,24H,2,4,6,8,11-12H2,(H,21,22)/t16-,18+/m1/s1. The maximum atomic E-state index is 12.8. The smallest absolute Gasteiger partial charge is 0.259 e. The molecule has 2 N–H and O–H groups in total. The van der Waals surface area contributed by atoms with Gasteiger partial charge in [0.05, 0.1) is 17.7 Å². The number of fused-ring (bicyclic) bond motifs is 1. The van der Waals surface area contributed by atoms with Crippen LogP contribution in [0.15, 0.2) is 42.6 Å². The molecule has 1 aromatic carbocycles. The number of amides is 1. The van der Waals surface area contributed by atoms with E-state index in [2.05, 4.69) is 16.4 Å². The number of aliphatic hydroxyl groups is 1. The fourth-order valence-corrected chi connectivity index (χ4v) is 3.78. The van der Waals surface area contributed by atoms with E-state index < -0.39 is 0 Å². The van der Waals surface area contributed by atoms with Crippen molar-refractivity contribution in [3.8, 4) is 0 Å². The van der Waals surface area contributed by atoms with Crippen LogP contribution in [-0.4, -0.2) is 34.7 Å². The molecule has 5 heteroatoms. The lowest BCUT2D eigenvalue weighted by Gasteiger charge is -2.28.